The van der Waals surface area contributed by atoms with Gasteiger partial charge in [0, 0.05) is 23.7 Å². The number of benzene rings is 1. The second kappa shape index (κ2) is 7.34. The molecule has 2 heterocycles. The number of piperidine rings is 1. The van der Waals surface area contributed by atoms with Crippen LogP contribution in [0, 0.1) is 5.92 Å². The Morgan fingerprint density at radius 2 is 1.80 bits per heavy atom. The van der Waals surface area contributed by atoms with E-state index in [-0.39, 0.29) is 24.0 Å². The van der Waals surface area contributed by atoms with E-state index in [1.54, 1.807) is 17.2 Å². The average Bonchev–Trinajstić information content (AvgIpc) is 3.24. The molecule has 3 fully saturated rings. The fourth-order valence-electron chi connectivity index (χ4n) is 5.17. The molecule has 0 spiro atoms. The molecule has 0 radical (unpaired) electrons. The minimum absolute atomic E-state index is 0.0381. The molecule has 3 aliphatic rings. The number of rotatable bonds is 3. The SMILES string of the molecule is NC(=O)n1cc(NC(=O)N2[C@@H]3C[C@@H]3C[C@H]2C(=O)NC2CCCCC2)c2ccccc21. The number of anilines is 1. The topological polar surface area (TPSA) is 109 Å². The van der Waals surface area contributed by atoms with Gasteiger partial charge in [0.25, 0.3) is 0 Å². The van der Waals surface area contributed by atoms with Gasteiger partial charge >= 0.3 is 12.1 Å². The summed E-state index contributed by atoms with van der Waals surface area (Å²) in [6, 6.07) is 6.28. The van der Waals surface area contributed by atoms with Gasteiger partial charge in [-0.1, -0.05) is 37.5 Å². The summed E-state index contributed by atoms with van der Waals surface area (Å²) in [5.41, 5.74) is 6.63. The molecule has 5 rings (SSSR count). The average molecular weight is 409 g/mol. The number of hydrogen-bond acceptors (Lipinski definition) is 3. The Labute approximate surface area is 174 Å². The van der Waals surface area contributed by atoms with Crippen molar-refractivity contribution in [1.29, 1.82) is 0 Å². The number of urea groups is 1. The molecule has 2 aliphatic carbocycles. The van der Waals surface area contributed by atoms with Crippen molar-refractivity contribution in [2.24, 2.45) is 11.7 Å². The van der Waals surface area contributed by atoms with Crippen LogP contribution in [0.4, 0.5) is 15.3 Å². The van der Waals surface area contributed by atoms with E-state index in [1.165, 1.54) is 11.0 Å². The summed E-state index contributed by atoms with van der Waals surface area (Å²) < 4.78 is 1.32. The molecule has 30 heavy (non-hydrogen) atoms. The van der Waals surface area contributed by atoms with E-state index < -0.39 is 12.1 Å². The third-order valence-electron chi connectivity index (χ3n) is 6.78. The van der Waals surface area contributed by atoms with E-state index in [0.717, 1.165) is 43.9 Å². The Kier molecular flexibility index (Phi) is 4.64. The van der Waals surface area contributed by atoms with Crippen molar-refractivity contribution >= 4 is 34.6 Å². The normalized spacial score (nSPS) is 25.7. The number of carbonyl (C=O) groups excluding carboxylic acids is 3. The van der Waals surface area contributed by atoms with Crippen LogP contribution in [0.25, 0.3) is 10.9 Å². The molecule has 4 N–H and O–H groups in total. The van der Waals surface area contributed by atoms with Gasteiger partial charge in [0.1, 0.15) is 6.04 Å². The molecule has 0 bridgehead atoms. The number of likely N-dealkylation sites (tertiary alicyclic amines) is 1. The summed E-state index contributed by atoms with van der Waals surface area (Å²) in [4.78, 5) is 39.6. The van der Waals surface area contributed by atoms with Crippen LogP contribution in [-0.2, 0) is 4.79 Å². The van der Waals surface area contributed by atoms with E-state index >= 15 is 0 Å². The van der Waals surface area contributed by atoms with Crippen molar-refractivity contribution in [3.05, 3.63) is 30.5 Å². The van der Waals surface area contributed by atoms with E-state index in [9.17, 15) is 14.4 Å². The zero-order chi connectivity index (χ0) is 20.8. The second-order valence-corrected chi connectivity index (χ2v) is 8.76. The lowest BCUT2D eigenvalue weighted by Crippen LogP contribution is -2.51. The largest absolute Gasteiger partial charge is 0.352 e. The predicted octanol–water partition coefficient (Wildman–Crippen LogP) is 3.01. The van der Waals surface area contributed by atoms with Crippen LogP contribution in [0.1, 0.15) is 44.9 Å². The fourth-order valence-corrected chi connectivity index (χ4v) is 5.17. The van der Waals surface area contributed by atoms with Gasteiger partial charge in [-0.15, -0.1) is 0 Å². The Morgan fingerprint density at radius 3 is 2.57 bits per heavy atom. The molecule has 2 aromatic rings. The van der Waals surface area contributed by atoms with Crippen LogP contribution in [-0.4, -0.2) is 45.6 Å². The van der Waals surface area contributed by atoms with Crippen molar-refractivity contribution in [2.75, 3.05) is 5.32 Å². The number of nitrogens with two attached hydrogens (primary N) is 1. The van der Waals surface area contributed by atoms with Gasteiger partial charge in [-0.3, -0.25) is 9.36 Å². The van der Waals surface area contributed by atoms with Crippen molar-refractivity contribution in [3.63, 3.8) is 0 Å². The summed E-state index contributed by atoms with van der Waals surface area (Å²) in [6.45, 7) is 0. The van der Waals surface area contributed by atoms with E-state index in [2.05, 4.69) is 10.6 Å². The molecule has 1 aromatic carbocycles. The zero-order valence-electron chi connectivity index (χ0n) is 16.8. The lowest BCUT2D eigenvalue weighted by molar-refractivity contribution is -0.126. The van der Waals surface area contributed by atoms with Crippen LogP contribution < -0.4 is 16.4 Å². The molecule has 0 unspecified atom stereocenters. The molecular formula is C22H27N5O3. The van der Waals surface area contributed by atoms with E-state index in [4.69, 9.17) is 5.73 Å². The zero-order valence-corrected chi connectivity index (χ0v) is 16.8. The Morgan fingerprint density at radius 1 is 1.03 bits per heavy atom. The number of primary amides is 1. The smallest absolute Gasteiger partial charge is 0.323 e. The molecule has 4 amide bonds. The maximum Gasteiger partial charge on any atom is 0.323 e. The van der Waals surface area contributed by atoms with Crippen molar-refractivity contribution in [1.82, 2.24) is 14.8 Å². The second-order valence-electron chi connectivity index (χ2n) is 8.76. The molecule has 2 saturated carbocycles. The van der Waals surface area contributed by atoms with Gasteiger partial charge in [0.2, 0.25) is 5.91 Å². The molecular weight excluding hydrogens is 382 g/mol. The Hall–Kier alpha value is -3.03. The molecule has 1 aliphatic heterocycles. The highest BCUT2D eigenvalue weighted by molar-refractivity contribution is 6.05. The predicted molar refractivity (Wildman–Crippen MR) is 113 cm³/mol. The Bertz CT molecular complexity index is 1010. The summed E-state index contributed by atoms with van der Waals surface area (Å²) >= 11 is 0. The first-order chi connectivity index (χ1) is 14.5. The van der Waals surface area contributed by atoms with E-state index in [1.807, 2.05) is 18.2 Å². The minimum Gasteiger partial charge on any atom is -0.352 e. The number of fused-ring (bicyclic) bond motifs is 2. The molecule has 8 nitrogen and oxygen atoms in total. The van der Waals surface area contributed by atoms with Crippen LogP contribution in [0.2, 0.25) is 0 Å². The lowest BCUT2D eigenvalue weighted by Gasteiger charge is -2.30. The van der Waals surface area contributed by atoms with Crippen molar-refractivity contribution in [3.8, 4) is 0 Å². The van der Waals surface area contributed by atoms with Gasteiger partial charge in [0.15, 0.2) is 0 Å². The summed E-state index contributed by atoms with van der Waals surface area (Å²) in [5, 5.41) is 6.84. The Balaban J connectivity index is 1.34. The van der Waals surface area contributed by atoms with Crippen molar-refractivity contribution in [2.45, 2.75) is 63.1 Å². The number of carbonyl (C=O) groups is 3. The highest BCUT2D eigenvalue weighted by Gasteiger charge is 2.56. The molecule has 158 valence electrons. The number of nitrogens with zero attached hydrogens (tertiary/aromatic N) is 2. The number of amides is 4. The first-order valence-electron chi connectivity index (χ1n) is 10.8. The molecule has 1 aromatic heterocycles. The minimum atomic E-state index is -0.611. The monoisotopic (exact) mass is 409 g/mol. The first kappa shape index (κ1) is 19.0. The number of hydrogen-bond donors (Lipinski definition) is 3. The van der Waals surface area contributed by atoms with Gasteiger partial charge in [-0.05, 0) is 37.7 Å². The molecule has 1 saturated heterocycles. The van der Waals surface area contributed by atoms with Crippen LogP contribution in [0.3, 0.4) is 0 Å². The highest BCUT2D eigenvalue weighted by atomic mass is 16.2. The standard InChI is InChI=1S/C22H27N5O3/c23-21(29)26-12-16(15-8-4-5-9-17(15)26)25-22(30)27-18-10-13(18)11-19(27)20(28)24-14-6-2-1-3-7-14/h4-5,8-9,12-14,18-19H,1-3,6-7,10-11H2,(H2,23,29)(H,24,28)(H,25,30)/t13-,18-,19+/m1/s1. The third-order valence-corrected chi connectivity index (χ3v) is 6.78. The lowest BCUT2D eigenvalue weighted by atomic mass is 9.95. The summed E-state index contributed by atoms with van der Waals surface area (Å²) in [6.07, 6.45) is 8.78. The maximum atomic E-state index is 13.2. The number of nitrogens with one attached hydrogen (secondary N) is 2. The van der Waals surface area contributed by atoms with Crippen molar-refractivity contribution < 1.29 is 14.4 Å². The van der Waals surface area contributed by atoms with Gasteiger partial charge in [-0.2, -0.15) is 0 Å². The van der Waals surface area contributed by atoms with Gasteiger partial charge in [0.05, 0.1) is 11.2 Å². The van der Waals surface area contributed by atoms with Gasteiger partial charge < -0.3 is 21.3 Å². The summed E-state index contributed by atoms with van der Waals surface area (Å²) in [5.74, 6) is 0.369. The molecule has 8 heteroatoms. The summed E-state index contributed by atoms with van der Waals surface area (Å²) in [7, 11) is 0. The maximum absolute atomic E-state index is 13.2. The fraction of sp³-hybridized carbons (Fsp3) is 0.500. The van der Waals surface area contributed by atoms with Gasteiger partial charge in [-0.25, -0.2) is 9.59 Å². The highest BCUT2D eigenvalue weighted by Crippen LogP contribution is 2.48. The van der Waals surface area contributed by atoms with E-state index in [0.29, 0.717) is 17.1 Å². The molecule has 3 atom stereocenters. The number of aromatic nitrogens is 1. The van der Waals surface area contributed by atoms with Crippen LogP contribution in [0.5, 0.6) is 0 Å². The quantitative estimate of drug-likeness (QED) is 0.725. The van der Waals surface area contributed by atoms with Crippen LogP contribution >= 0.6 is 0 Å². The van der Waals surface area contributed by atoms with Crippen LogP contribution in [0.15, 0.2) is 30.5 Å². The number of para-hydroxylation sites is 1. The third kappa shape index (κ3) is 3.30. The first-order valence-corrected chi connectivity index (χ1v) is 10.8.